The van der Waals surface area contributed by atoms with Crippen LogP contribution in [0.1, 0.15) is 35.3 Å². The molecule has 2 heterocycles. The fourth-order valence-electron chi connectivity index (χ4n) is 3.18. The van der Waals surface area contributed by atoms with Crippen molar-refractivity contribution < 1.29 is 4.79 Å². The molecule has 0 spiro atoms. The minimum Gasteiger partial charge on any atom is -0.348 e. The van der Waals surface area contributed by atoms with Crippen molar-refractivity contribution in [2.75, 3.05) is 0 Å². The van der Waals surface area contributed by atoms with Crippen molar-refractivity contribution in [2.24, 2.45) is 7.05 Å². The lowest BCUT2D eigenvalue weighted by atomic mass is 10.0. The quantitative estimate of drug-likeness (QED) is 0.784. The van der Waals surface area contributed by atoms with E-state index in [9.17, 15) is 9.59 Å². The Labute approximate surface area is 152 Å². The summed E-state index contributed by atoms with van der Waals surface area (Å²) in [5.41, 5.74) is 4.57. The first-order chi connectivity index (χ1) is 12.3. The number of pyridine rings is 1. The zero-order valence-electron chi connectivity index (χ0n) is 15.8. The van der Waals surface area contributed by atoms with Crippen molar-refractivity contribution in [1.29, 1.82) is 0 Å². The lowest BCUT2D eigenvalue weighted by Gasteiger charge is -2.16. The topological polar surface area (TPSA) is 68.9 Å². The molecule has 3 rings (SSSR count). The number of aryl methyl sites for hydroxylation is 4. The van der Waals surface area contributed by atoms with Gasteiger partial charge in [-0.1, -0.05) is 18.2 Å². The van der Waals surface area contributed by atoms with Crippen LogP contribution in [0.15, 0.2) is 35.3 Å². The summed E-state index contributed by atoms with van der Waals surface area (Å²) in [6.45, 7) is 7.90. The van der Waals surface area contributed by atoms with Gasteiger partial charge in [-0.2, -0.15) is 5.10 Å². The number of carbonyl (C=O) groups is 1. The molecule has 0 saturated heterocycles. The molecule has 6 nitrogen and oxygen atoms in total. The van der Waals surface area contributed by atoms with Crippen molar-refractivity contribution in [3.8, 4) is 0 Å². The Morgan fingerprint density at radius 3 is 2.62 bits per heavy atom. The van der Waals surface area contributed by atoms with Gasteiger partial charge in [-0.05, 0) is 50.5 Å². The number of amides is 1. The van der Waals surface area contributed by atoms with Crippen LogP contribution in [0.25, 0.3) is 10.9 Å². The second-order valence-corrected chi connectivity index (χ2v) is 6.85. The van der Waals surface area contributed by atoms with E-state index in [0.29, 0.717) is 5.52 Å². The molecule has 2 aromatic heterocycles. The highest BCUT2D eigenvalue weighted by molar-refractivity contribution is 5.81. The Balaban J connectivity index is 1.78. The molecule has 6 heteroatoms. The number of fused-ring (bicyclic) bond motifs is 1. The van der Waals surface area contributed by atoms with Gasteiger partial charge in [0.2, 0.25) is 5.91 Å². The molecule has 0 saturated carbocycles. The fraction of sp³-hybridized carbons (Fsp3) is 0.350. The van der Waals surface area contributed by atoms with E-state index in [-0.39, 0.29) is 24.1 Å². The van der Waals surface area contributed by atoms with Gasteiger partial charge in [-0.25, -0.2) is 0 Å². The Kier molecular flexibility index (Phi) is 4.68. The van der Waals surface area contributed by atoms with Crippen molar-refractivity contribution in [3.63, 3.8) is 0 Å². The molecule has 26 heavy (non-hydrogen) atoms. The van der Waals surface area contributed by atoms with Crippen molar-refractivity contribution >= 4 is 16.8 Å². The molecule has 0 aliphatic rings. The van der Waals surface area contributed by atoms with Gasteiger partial charge in [-0.3, -0.25) is 14.3 Å². The predicted molar refractivity (Wildman–Crippen MR) is 102 cm³/mol. The maximum atomic E-state index is 12.7. The fourth-order valence-corrected chi connectivity index (χ4v) is 3.18. The van der Waals surface area contributed by atoms with Crippen LogP contribution in [0.4, 0.5) is 0 Å². The van der Waals surface area contributed by atoms with Gasteiger partial charge >= 0.3 is 0 Å². The summed E-state index contributed by atoms with van der Waals surface area (Å²) in [5, 5.41) is 8.06. The number of hydrogen-bond acceptors (Lipinski definition) is 3. The van der Waals surface area contributed by atoms with E-state index in [1.807, 2.05) is 26.0 Å². The molecular weight excluding hydrogens is 328 g/mol. The lowest BCUT2D eigenvalue weighted by molar-refractivity contribution is -0.122. The van der Waals surface area contributed by atoms with Crippen molar-refractivity contribution in [2.45, 2.75) is 40.3 Å². The molecule has 0 aliphatic heterocycles. The van der Waals surface area contributed by atoms with Gasteiger partial charge in [0, 0.05) is 18.6 Å². The van der Waals surface area contributed by atoms with Crippen LogP contribution < -0.4 is 10.9 Å². The minimum absolute atomic E-state index is 0.0197. The predicted octanol–water partition coefficient (Wildman–Crippen LogP) is 2.54. The highest BCUT2D eigenvalue weighted by Crippen LogP contribution is 2.17. The SMILES string of the molecule is Cc1ccc([C@H](C)NC(=O)Cn2ccc3c(C)nn(C)c3c2=O)cc1C. The number of hydrogen-bond donors (Lipinski definition) is 1. The summed E-state index contributed by atoms with van der Waals surface area (Å²) < 4.78 is 2.99. The van der Waals surface area contributed by atoms with E-state index in [1.165, 1.54) is 15.7 Å². The Hall–Kier alpha value is -2.89. The van der Waals surface area contributed by atoms with Gasteiger partial charge in [0.25, 0.3) is 5.56 Å². The van der Waals surface area contributed by atoms with Gasteiger partial charge in [0.15, 0.2) is 0 Å². The van der Waals surface area contributed by atoms with Gasteiger partial charge in [0.1, 0.15) is 12.1 Å². The van der Waals surface area contributed by atoms with Crippen LogP contribution in [-0.4, -0.2) is 20.3 Å². The second-order valence-electron chi connectivity index (χ2n) is 6.85. The normalized spacial score (nSPS) is 12.3. The number of nitrogens with one attached hydrogen (secondary N) is 1. The molecule has 3 aromatic rings. The first-order valence-electron chi connectivity index (χ1n) is 8.67. The Morgan fingerprint density at radius 2 is 1.92 bits per heavy atom. The third kappa shape index (κ3) is 3.27. The Morgan fingerprint density at radius 1 is 1.19 bits per heavy atom. The van der Waals surface area contributed by atoms with Crippen LogP contribution in [-0.2, 0) is 18.4 Å². The van der Waals surface area contributed by atoms with E-state index < -0.39 is 0 Å². The molecular formula is C20H24N4O2. The van der Waals surface area contributed by atoms with Crippen LogP contribution in [0, 0.1) is 20.8 Å². The third-order valence-corrected chi connectivity index (χ3v) is 4.88. The number of rotatable bonds is 4. The highest BCUT2D eigenvalue weighted by atomic mass is 16.2. The zero-order chi connectivity index (χ0) is 19.0. The van der Waals surface area contributed by atoms with E-state index in [4.69, 9.17) is 0 Å². The van der Waals surface area contributed by atoms with E-state index in [0.717, 1.165) is 16.6 Å². The first kappa shape index (κ1) is 17.9. The molecule has 1 aromatic carbocycles. The largest absolute Gasteiger partial charge is 0.348 e. The summed E-state index contributed by atoms with van der Waals surface area (Å²) in [6.07, 6.45) is 1.65. The molecule has 0 unspecified atom stereocenters. The average molecular weight is 352 g/mol. The van der Waals surface area contributed by atoms with Crippen LogP contribution >= 0.6 is 0 Å². The summed E-state index contributed by atoms with van der Waals surface area (Å²) in [7, 11) is 1.74. The molecule has 0 bridgehead atoms. The second kappa shape index (κ2) is 6.78. The summed E-state index contributed by atoms with van der Waals surface area (Å²) in [6, 6.07) is 7.86. The zero-order valence-corrected chi connectivity index (χ0v) is 15.8. The number of nitrogens with zero attached hydrogens (tertiary/aromatic N) is 3. The van der Waals surface area contributed by atoms with E-state index in [2.05, 4.69) is 36.4 Å². The molecule has 136 valence electrons. The van der Waals surface area contributed by atoms with E-state index in [1.54, 1.807) is 17.9 Å². The molecule has 1 N–H and O–H groups in total. The lowest BCUT2D eigenvalue weighted by Crippen LogP contribution is -2.34. The Bertz CT molecular complexity index is 1050. The van der Waals surface area contributed by atoms with Crippen molar-refractivity contribution in [1.82, 2.24) is 19.7 Å². The van der Waals surface area contributed by atoms with E-state index >= 15 is 0 Å². The third-order valence-electron chi connectivity index (χ3n) is 4.88. The smallest absolute Gasteiger partial charge is 0.277 e. The van der Waals surface area contributed by atoms with Crippen LogP contribution in [0.3, 0.4) is 0 Å². The highest BCUT2D eigenvalue weighted by Gasteiger charge is 2.14. The van der Waals surface area contributed by atoms with Gasteiger partial charge in [0.05, 0.1) is 11.7 Å². The number of carbonyl (C=O) groups excluding carboxylic acids is 1. The summed E-state index contributed by atoms with van der Waals surface area (Å²) in [5.74, 6) is -0.198. The number of benzene rings is 1. The van der Waals surface area contributed by atoms with Gasteiger partial charge < -0.3 is 9.88 Å². The molecule has 0 radical (unpaired) electrons. The molecule has 0 aliphatic carbocycles. The van der Waals surface area contributed by atoms with Crippen LogP contribution in [0.2, 0.25) is 0 Å². The summed E-state index contributed by atoms with van der Waals surface area (Å²) >= 11 is 0. The monoisotopic (exact) mass is 352 g/mol. The average Bonchev–Trinajstić information content (AvgIpc) is 2.87. The minimum atomic E-state index is -0.209. The van der Waals surface area contributed by atoms with Gasteiger partial charge in [-0.15, -0.1) is 0 Å². The first-order valence-corrected chi connectivity index (χ1v) is 8.67. The maximum absolute atomic E-state index is 12.7. The molecule has 1 atom stereocenters. The standard InChI is InChI=1S/C20H24N4O2/c1-12-6-7-16(10-13(12)2)14(3)21-18(25)11-24-9-8-17-15(4)22-23(5)19(17)20(24)26/h6-10,14H,11H2,1-5H3,(H,21,25)/t14-/m0/s1. The molecule has 1 amide bonds. The van der Waals surface area contributed by atoms with Crippen molar-refractivity contribution in [3.05, 3.63) is 63.2 Å². The molecule has 0 fully saturated rings. The summed E-state index contributed by atoms with van der Waals surface area (Å²) in [4.78, 5) is 25.1. The maximum Gasteiger partial charge on any atom is 0.277 e. The number of aromatic nitrogens is 3. The van der Waals surface area contributed by atoms with Crippen LogP contribution in [0.5, 0.6) is 0 Å².